The lowest BCUT2D eigenvalue weighted by Crippen LogP contribution is -2.22. The number of carboxylic acid groups (broad SMARTS) is 1. The van der Waals surface area contributed by atoms with Gasteiger partial charge in [0, 0.05) is 25.2 Å². The summed E-state index contributed by atoms with van der Waals surface area (Å²) in [6, 6.07) is 35.5. The number of rotatable bonds is 9. The molecule has 0 fully saturated rings. The van der Waals surface area contributed by atoms with Crippen molar-refractivity contribution in [3.05, 3.63) is 137 Å². The highest BCUT2D eigenvalue weighted by Crippen LogP contribution is 2.25. The Hall–Kier alpha value is -3.89. The van der Waals surface area contributed by atoms with Gasteiger partial charge in [-0.2, -0.15) is 0 Å². The summed E-state index contributed by atoms with van der Waals surface area (Å²) in [7, 11) is 0. The molecule has 1 atom stereocenters. The first kappa shape index (κ1) is 22.3. The Morgan fingerprint density at radius 1 is 0.667 bits per heavy atom. The molecule has 33 heavy (non-hydrogen) atoms. The maximum Gasteiger partial charge on any atom is 0.336 e. The van der Waals surface area contributed by atoms with Crippen molar-refractivity contribution in [2.75, 3.05) is 4.90 Å². The Morgan fingerprint density at radius 3 is 1.73 bits per heavy atom. The van der Waals surface area contributed by atoms with Crippen LogP contribution in [0, 0.1) is 0 Å². The fraction of sp³-hybridized carbons (Fsp3) is 0.138. The highest BCUT2D eigenvalue weighted by Gasteiger charge is 2.17. The number of aliphatic hydroxyl groups is 1. The highest BCUT2D eigenvalue weighted by atomic mass is 16.4. The molecule has 0 aliphatic rings. The maximum absolute atomic E-state index is 11.5. The van der Waals surface area contributed by atoms with Crippen molar-refractivity contribution in [2.45, 2.75) is 25.6 Å². The zero-order valence-electron chi connectivity index (χ0n) is 18.3. The van der Waals surface area contributed by atoms with E-state index < -0.39 is 12.1 Å². The van der Waals surface area contributed by atoms with Gasteiger partial charge in [-0.1, -0.05) is 91.0 Å². The van der Waals surface area contributed by atoms with E-state index in [-0.39, 0.29) is 5.56 Å². The van der Waals surface area contributed by atoms with Crippen molar-refractivity contribution < 1.29 is 15.0 Å². The van der Waals surface area contributed by atoms with E-state index in [2.05, 4.69) is 65.6 Å². The summed E-state index contributed by atoms with van der Waals surface area (Å²) in [4.78, 5) is 13.8. The van der Waals surface area contributed by atoms with Crippen LogP contribution in [-0.4, -0.2) is 16.2 Å². The molecule has 4 rings (SSSR count). The van der Waals surface area contributed by atoms with Crippen molar-refractivity contribution in [2.24, 2.45) is 0 Å². The molecule has 0 aliphatic heterocycles. The van der Waals surface area contributed by atoms with E-state index in [1.54, 1.807) is 18.2 Å². The molecule has 4 aromatic rings. The Labute approximate surface area is 194 Å². The molecule has 0 heterocycles. The number of hydrogen-bond acceptors (Lipinski definition) is 3. The quantitative estimate of drug-likeness (QED) is 0.344. The molecule has 0 aliphatic carbocycles. The lowest BCUT2D eigenvalue weighted by Gasteiger charge is -2.26. The van der Waals surface area contributed by atoms with Gasteiger partial charge in [0.1, 0.15) is 0 Å². The summed E-state index contributed by atoms with van der Waals surface area (Å²) in [6.07, 6.45) is -0.532. The smallest absolute Gasteiger partial charge is 0.336 e. The Morgan fingerprint density at radius 2 is 1.18 bits per heavy atom. The molecule has 1 unspecified atom stereocenters. The molecular formula is C29H27NO3. The fourth-order valence-electron chi connectivity index (χ4n) is 4.00. The van der Waals surface area contributed by atoms with Crippen LogP contribution in [0.25, 0.3) is 0 Å². The van der Waals surface area contributed by atoms with Gasteiger partial charge in [-0.3, -0.25) is 0 Å². The van der Waals surface area contributed by atoms with Crippen molar-refractivity contribution in [3.63, 3.8) is 0 Å². The highest BCUT2D eigenvalue weighted by molar-refractivity contribution is 5.89. The number of anilines is 1. The van der Waals surface area contributed by atoms with Gasteiger partial charge in [-0.05, 0) is 40.5 Å². The first-order valence-electron chi connectivity index (χ1n) is 11.0. The van der Waals surface area contributed by atoms with Crippen LogP contribution in [0.5, 0.6) is 0 Å². The third-order valence-electron chi connectivity index (χ3n) is 5.71. The first-order chi connectivity index (χ1) is 16.1. The zero-order chi connectivity index (χ0) is 23.0. The lowest BCUT2D eigenvalue weighted by molar-refractivity contribution is 0.0689. The second kappa shape index (κ2) is 10.6. The van der Waals surface area contributed by atoms with E-state index in [0.29, 0.717) is 12.0 Å². The molecule has 4 heteroatoms. The first-order valence-corrected chi connectivity index (χ1v) is 11.0. The van der Waals surface area contributed by atoms with Gasteiger partial charge < -0.3 is 15.1 Å². The van der Waals surface area contributed by atoms with Gasteiger partial charge in [0.25, 0.3) is 0 Å². The van der Waals surface area contributed by atoms with Crippen molar-refractivity contribution in [1.29, 1.82) is 0 Å². The monoisotopic (exact) mass is 437 g/mol. The standard InChI is InChI=1S/C29H27NO3/c31-28(26-13-7-8-14-27(26)29(32)33)19-22-15-17-25(18-16-22)30(20-23-9-3-1-4-10-23)21-24-11-5-2-6-12-24/h1-18,28,31H,19-21H2,(H,32,33). The molecule has 0 saturated heterocycles. The molecule has 0 saturated carbocycles. The Bertz CT molecular complexity index is 1130. The average Bonchev–Trinajstić information content (AvgIpc) is 2.85. The average molecular weight is 438 g/mol. The van der Waals surface area contributed by atoms with Crippen LogP contribution in [0.1, 0.15) is 38.7 Å². The number of aromatic carboxylic acids is 1. The van der Waals surface area contributed by atoms with Crippen LogP contribution in [0.3, 0.4) is 0 Å². The maximum atomic E-state index is 11.5. The molecule has 0 aromatic heterocycles. The summed E-state index contributed by atoms with van der Waals surface area (Å²) in [6.45, 7) is 1.56. The number of carboxylic acids is 1. The second-order valence-electron chi connectivity index (χ2n) is 8.11. The summed E-state index contributed by atoms with van der Waals surface area (Å²) < 4.78 is 0. The molecule has 4 nitrogen and oxygen atoms in total. The topological polar surface area (TPSA) is 60.8 Å². The lowest BCUT2D eigenvalue weighted by atomic mass is 9.97. The van der Waals surface area contributed by atoms with Crippen molar-refractivity contribution >= 4 is 11.7 Å². The predicted octanol–water partition coefficient (Wildman–Crippen LogP) is 5.87. The summed E-state index contributed by atoms with van der Waals surface area (Å²) in [5, 5.41) is 20.1. The van der Waals surface area contributed by atoms with Gasteiger partial charge in [0.15, 0.2) is 0 Å². The normalized spacial score (nSPS) is 11.7. The van der Waals surface area contributed by atoms with Gasteiger partial charge >= 0.3 is 5.97 Å². The van der Waals surface area contributed by atoms with E-state index >= 15 is 0 Å². The van der Waals surface area contributed by atoms with Crippen LogP contribution in [-0.2, 0) is 19.5 Å². The van der Waals surface area contributed by atoms with Gasteiger partial charge in [0.2, 0.25) is 0 Å². The summed E-state index contributed by atoms with van der Waals surface area (Å²) in [5.74, 6) is -1.03. The number of benzene rings is 4. The fourth-order valence-corrected chi connectivity index (χ4v) is 4.00. The van der Waals surface area contributed by atoms with E-state index in [9.17, 15) is 15.0 Å². The number of nitrogens with zero attached hydrogens (tertiary/aromatic N) is 1. The predicted molar refractivity (Wildman–Crippen MR) is 131 cm³/mol. The minimum atomic E-state index is -1.03. The Balaban J connectivity index is 1.53. The molecule has 2 N–H and O–H groups in total. The van der Waals surface area contributed by atoms with E-state index in [1.165, 1.54) is 17.2 Å². The molecule has 0 radical (unpaired) electrons. The molecule has 4 aromatic carbocycles. The van der Waals surface area contributed by atoms with Crippen LogP contribution < -0.4 is 4.90 Å². The van der Waals surface area contributed by atoms with E-state index in [4.69, 9.17) is 0 Å². The van der Waals surface area contributed by atoms with Crippen molar-refractivity contribution in [1.82, 2.24) is 0 Å². The minimum Gasteiger partial charge on any atom is -0.478 e. The third kappa shape index (κ3) is 5.88. The van der Waals surface area contributed by atoms with Crippen LogP contribution in [0.15, 0.2) is 109 Å². The molecule has 0 bridgehead atoms. The minimum absolute atomic E-state index is 0.138. The SMILES string of the molecule is O=C(O)c1ccccc1C(O)Cc1ccc(N(Cc2ccccc2)Cc2ccccc2)cc1. The largest absolute Gasteiger partial charge is 0.478 e. The van der Waals surface area contributed by atoms with Gasteiger partial charge in [-0.25, -0.2) is 4.79 Å². The molecule has 0 spiro atoms. The van der Waals surface area contributed by atoms with E-state index in [1.807, 2.05) is 24.3 Å². The Kier molecular flexibility index (Phi) is 7.18. The van der Waals surface area contributed by atoms with Crippen LogP contribution >= 0.6 is 0 Å². The summed E-state index contributed by atoms with van der Waals surface area (Å²) in [5.41, 5.74) is 5.08. The van der Waals surface area contributed by atoms with Gasteiger partial charge in [0.05, 0.1) is 11.7 Å². The van der Waals surface area contributed by atoms with Crippen molar-refractivity contribution in [3.8, 4) is 0 Å². The third-order valence-corrected chi connectivity index (χ3v) is 5.71. The molecular weight excluding hydrogens is 410 g/mol. The van der Waals surface area contributed by atoms with E-state index in [0.717, 1.165) is 24.3 Å². The van der Waals surface area contributed by atoms with Crippen LogP contribution in [0.4, 0.5) is 5.69 Å². The number of hydrogen-bond donors (Lipinski definition) is 2. The summed E-state index contributed by atoms with van der Waals surface area (Å²) >= 11 is 0. The molecule has 166 valence electrons. The number of aliphatic hydroxyl groups excluding tert-OH is 1. The zero-order valence-corrected chi connectivity index (χ0v) is 18.3. The molecule has 0 amide bonds. The number of carbonyl (C=O) groups is 1. The van der Waals surface area contributed by atoms with Gasteiger partial charge in [-0.15, -0.1) is 0 Å². The second-order valence-corrected chi connectivity index (χ2v) is 8.11. The van der Waals surface area contributed by atoms with Crippen LogP contribution in [0.2, 0.25) is 0 Å².